The van der Waals surface area contributed by atoms with Crippen LogP contribution in [0.2, 0.25) is 0 Å². The van der Waals surface area contributed by atoms with Gasteiger partial charge in [0, 0.05) is 118 Å². The highest BCUT2D eigenvalue weighted by molar-refractivity contribution is 5.96. The summed E-state index contributed by atoms with van der Waals surface area (Å²) in [6.45, 7) is 5.27. The molecule has 5 fully saturated rings. The summed E-state index contributed by atoms with van der Waals surface area (Å²) in [6.07, 6.45) is 29.8. The van der Waals surface area contributed by atoms with Crippen molar-refractivity contribution in [2.24, 2.45) is 47.3 Å². The lowest BCUT2D eigenvalue weighted by Gasteiger charge is -2.27. The molecule has 23 nitrogen and oxygen atoms in total. The van der Waals surface area contributed by atoms with Gasteiger partial charge in [-0.15, -0.1) is 20.4 Å². The molecule has 0 radical (unpaired) electrons. The van der Waals surface area contributed by atoms with Crippen LogP contribution in [0, 0.1) is 54.3 Å². The highest BCUT2D eigenvalue weighted by atomic mass is 16.2. The van der Waals surface area contributed by atoms with Crippen LogP contribution < -0.4 is 42.5 Å². The maximum Gasteiger partial charge on any atom is 0.224 e. The number of aryl methyl sites for hydroxylation is 1. The molecule has 2 aromatic rings. The van der Waals surface area contributed by atoms with Gasteiger partial charge in [0.25, 0.3) is 0 Å². The van der Waals surface area contributed by atoms with Gasteiger partial charge in [-0.1, -0.05) is 140 Å². The molecule has 103 heavy (non-hydrogen) atoms. The number of Topliss-reactive ketones (excluding diaryl/α,β-unsaturated/α-hetero) is 3. The van der Waals surface area contributed by atoms with E-state index in [0.717, 1.165) is 166 Å². The minimum absolute atomic E-state index is 0.00623. The first-order chi connectivity index (χ1) is 50.0. The Morgan fingerprint density at radius 3 is 1.04 bits per heavy atom. The monoisotopic (exact) mass is 1430 g/mol. The number of unbranched alkanes of at least 4 members (excludes halogenated alkanes) is 5. The first-order valence-electron chi connectivity index (χ1n) is 40.5. The standard InChI is InChI=1S/C80H126N12O11/c1-56-89-91-73(92-90-56)60-45-43-58(44-46-60)55-86-78(101)65(38-19-24-48-82-74(97)61-30-10-4-11-31-61)53-71(95)68(41-21-26-50-84-76(99)63-34-14-6-15-35-63)88-80(103)67(40-20-25-49-83-75(98)62-32-12-5-13-33-62)54-72(96)69(42-22-27-51-85-77(100)64-36-16-7-17-37-64)87-79(102)66(39-18-23-47-81-57(2)93)52-70(94)59-28-8-3-9-29-59/h43-46,59,61-69H,3-42,47-55H2,1-2H3,(H,81,93)(H,82,97)(H,83,98)(H,84,99)(H,85,100)(H,86,101)(H,87,102)(H,88,103). The van der Waals surface area contributed by atoms with Crippen molar-refractivity contribution in [3.05, 3.63) is 35.7 Å². The molecule has 5 unspecified atom stereocenters. The van der Waals surface area contributed by atoms with Gasteiger partial charge in [-0.25, -0.2) is 0 Å². The van der Waals surface area contributed by atoms with Gasteiger partial charge < -0.3 is 42.5 Å². The van der Waals surface area contributed by atoms with E-state index >= 15 is 14.4 Å². The van der Waals surface area contributed by atoms with Crippen LogP contribution in [0.25, 0.3) is 11.4 Å². The van der Waals surface area contributed by atoms with E-state index in [0.29, 0.717) is 127 Å². The second kappa shape index (κ2) is 47.4. The van der Waals surface area contributed by atoms with Gasteiger partial charge in [-0.3, -0.25) is 52.7 Å². The number of amides is 8. The van der Waals surface area contributed by atoms with Crippen molar-refractivity contribution in [1.82, 2.24) is 62.9 Å². The molecule has 5 aliphatic rings. The van der Waals surface area contributed by atoms with Gasteiger partial charge in [0.05, 0.1) is 12.1 Å². The van der Waals surface area contributed by atoms with Gasteiger partial charge in [-0.05, 0) is 154 Å². The second-order valence-electron chi connectivity index (χ2n) is 30.7. The zero-order valence-electron chi connectivity index (χ0n) is 62.5. The highest BCUT2D eigenvalue weighted by Gasteiger charge is 2.35. The maximum atomic E-state index is 15.4. The van der Waals surface area contributed by atoms with Crippen LogP contribution in [0.15, 0.2) is 24.3 Å². The Labute approximate surface area is 613 Å². The fourth-order valence-corrected chi connectivity index (χ4v) is 15.9. The summed E-state index contributed by atoms with van der Waals surface area (Å²) in [4.78, 5) is 154. The second-order valence-corrected chi connectivity index (χ2v) is 30.7. The van der Waals surface area contributed by atoms with E-state index in [4.69, 9.17) is 0 Å². The number of benzene rings is 1. The average molecular weight is 1430 g/mol. The number of ketones is 3. The molecule has 1 heterocycles. The van der Waals surface area contributed by atoms with Crippen LogP contribution in [0.3, 0.4) is 0 Å². The lowest BCUT2D eigenvalue weighted by Crippen LogP contribution is -2.48. The summed E-state index contributed by atoms with van der Waals surface area (Å²) in [5.41, 5.74) is 1.48. The molecule has 5 saturated carbocycles. The van der Waals surface area contributed by atoms with Crippen molar-refractivity contribution in [3.63, 3.8) is 0 Å². The summed E-state index contributed by atoms with van der Waals surface area (Å²) in [5.74, 6) is -4.07. The smallest absolute Gasteiger partial charge is 0.224 e. The number of hydrogen-bond donors (Lipinski definition) is 8. The van der Waals surface area contributed by atoms with Crippen LogP contribution in [-0.2, 0) is 59.3 Å². The Morgan fingerprint density at radius 1 is 0.359 bits per heavy atom. The van der Waals surface area contributed by atoms with E-state index in [1.165, 1.54) is 6.92 Å². The van der Waals surface area contributed by atoms with E-state index < -0.39 is 41.7 Å². The van der Waals surface area contributed by atoms with Crippen LogP contribution in [0.5, 0.6) is 0 Å². The van der Waals surface area contributed by atoms with E-state index in [1.807, 2.05) is 24.3 Å². The van der Waals surface area contributed by atoms with Crippen LogP contribution in [0.4, 0.5) is 0 Å². The predicted octanol–water partition coefficient (Wildman–Crippen LogP) is 10.9. The minimum atomic E-state index is -1.09. The first kappa shape index (κ1) is 83.2. The molecule has 0 spiro atoms. The fourth-order valence-electron chi connectivity index (χ4n) is 15.9. The number of hydrogen-bond acceptors (Lipinski definition) is 15. The fraction of sp³-hybridized carbons (Fsp3) is 0.762. The van der Waals surface area contributed by atoms with Crippen molar-refractivity contribution in [1.29, 1.82) is 0 Å². The molecule has 7 rings (SSSR count). The van der Waals surface area contributed by atoms with Crippen LogP contribution in [-0.4, -0.2) is 130 Å². The minimum Gasteiger partial charge on any atom is -0.356 e. The van der Waals surface area contributed by atoms with E-state index in [2.05, 4.69) is 62.9 Å². The molecule has 0 bridgehead atoms. The molecule has 23 heteroatoms. The zero-order valence-corrected chi connectivity index (χ0v) is 62.5. The van der Waals surface area contributed by atoms with Crippen molar-refractivity contribution >= 4 is 64.6 Å². The number of rotatable bonds is 46. The molecular formula is C80H126N12O11. The van der Waals surface area contributed by atoms with Gasteiger partial charge >= 0.3 is 0 Å². The maximum absolute atomic E-state index is 15.4. The van der Waals surface area contributed by atoms with E-state index in [-0.39, 0.29) is 127 Å². The molecule has 8 amide bonds. The summed E-state index contributed by atoms with van der Waals surface area (Å²) >= 11 is 0. The summed E-state index contributed by atoms with van der Waals surface area (Å²) in [6, 6.07) is 5.18. The van der Waals surface area contributed by atoms with Crippen LogP contribution >= 0.6 is 0 Å². The Morgan fingerprint density at radius 2 is 0.680 bits per heavy atom. The van der Waals surface area contributed by atoms with E-state index in [1.54, 1.807) is 6.92 Å². The molecule has 572 valence electrons. The molecule has 5 aliphatic carbocycles. The average Bonchev–Trinajstić information content (AvgIpc) is 0.877. The molecule has 1 aromatic heterocycles. The molecule has 8 N–H and O–H groups in total. The third-order valence-electron chi connectivity index (χ3n) is 22.4. The Hall–Kier alpha value is -7.07. The normalized spacial score (nSPS) is 18.0. The van der Waals surface area contributed by atoms with Crippen molar-refractivity contribution in [3.8, 4) is 11.4 Å². The quantitative estimate of drug-likeness (QED) is 0.0286. The lowest BCUT2D eigenvalue weighted by molar-refractivity contribution is -0.136. The van der Waals surface area contributed by atoms with Crippen molar-refractivity contribution < 1.29 is 52.7 Å². The van der Waals surface area contributed by atoms with Crippen molar-refractivity contribution in [2.75, 3.05) is 32.7 Å². The lowest BCUT2D eigenvalue weighted by atomic mass is 9.82. The van der Waals surface area contributed by atoms with Gasteiger partial charge in [0.2, 0.25) is 53.1 Å². The van der Waals surface area contributed by atoms with Crippen molar-refractivity contribution in [2.45, 2.75) is 309 Å². The summed E-state index contributed by atoms with van der Waals surface area (Å²) in [7, 11) is 0. The topological polar surface area (TPSA) is 336 Å². The SMILES string of the molecule is CC(=O)NCCCCC(CC(=O)C1CCCCC1)C(=O)NC(CCCCNC(=O)C1CCCCC1)C(=O)CC(CCCCNC(=O)C1CCCCC1)C(=O)NC(CCCCNC(=O)C1CCCCC1)C(=O)CC(CCCCNC(=O)C1CCCCC1)C(=O)NCc1ccc(-c2nnc(C)nn2)cc1. The molecule has 0 saturated heterocycles. The number of nitrogens with one attached hydrogen (secondary N) is 8. The largest absolute Gasteiger partial charge is 0.356 e. The first-order valence-corrected chi connectivity index (χ1v) is 40.5. The molecule has 5 atom stereocenters. The molecule has 0 aliphatic heterocycles. The Bertz CT molecular complexity index is 2960. The number of aromatic nitrogens is 4. The third kappa shape index (κ3) is 31.3. The number of nitrogens with zero attached hydrogens (tertiary/aromatic N) is 4. The Balaban J connectivity index is 1.12. The molecular weight excluding hydrogens is 1300 g/mol. The van der Waals surface area contributed by atoms with E-state index in [9.17, 15) is 38.4 Å². The summed E-state index contributed by atoms with van der Waals surface area (Å²) < 4.78 is 0. The number of carbonyl (C=O) groups is 11. The molecule has 1 aromatic carbocycles. The van der Waals surface area contributed by atoms with Crippen LogP contribution in [0.1, 0.15) is 294 Å². The number of carbonyl (C=O) groups excluding carboxylic acids is 11. The Kier molecular flexibility index (Phi) is 38.3. The zero-order chi connectivity index (χ0) is 73.4. The third-order valence-corrected chi connectivity index (χ3v) is 22.4. The van der Waals surface area contributed by atoms with Gasteiger partial charge in [-0.2, -0.15) is 0 Å². The summed E-state index contributed by atoms with van der Waals surface area (Å²) in [5, 5.41) is 40.9. The van der Waals surface area contributed by atoms with Gasteiger partial charge in [0.15, 0.2) is 17.4 Å². The predicted molar refractivity (Wildman–Crippen MR) is 396 cm³/mol. The highest BCUT2D eigenvalue weighted by Crippen LogP contribution is 2.31. The van der Waals surface area contributed by atoms with Gasteiger partial charge in [0.1, 0.15) is 5.78 Å².